The second-order valence-electron chi connectivity index (χ2n) is 9.77. The van der Waals surface area contributed by atoms with E-state index >= 15 is 0 Å². The number of hydrogen-bond acceptors (Lipinski definition) is 9. The third-order valence-corrected chi connectivity index (χ3v) is 9.86. The van der Waals surface area contributed by atoms with Gasteiger partial charge in [-0.15, -0.1) is 11.3 Å². The van der Waals surface area contributed by atoms with Crippen molar-refractivity contribution in [3.8, 4) is 11.5 Å². The van der Waals surface area contributed by atoms with Gasteiger partial charge in [-0.3, -0.25) is 4.79 Å². The van der Waals surface area contributed by atoms with Crippen LogP contribution in [0.25, 0.3) is 0 Å². The number of benzene rings is 2. The van der Waals surface area contributed by atoms with Crippen molar-refractivity contribution < 1.29 is 37.0 Å². The molecule has 212 valence electrons. The fourth-order valence-corrected chi connectivity index (χ4v) is 7.64. The maximum absolute atomic E-state index is 13.2. The van der Waals surface area contributed by atoms with Gasteiger partial charge in [-0.1, -0.05) is 6.07 Å². The summed E-state index contributed by atoms with van der Waals surface area (Å²) in [6.45, 7) is 6.18. The lowest BCUT2D eigenvalue weighted by Crippen LogP contribution is -2.48. The molecule has 0 radical (unpaired) electrons. The summed E-state index contributed by atoms with van der Waals surface area (Å²) in [4.78, 5) is 26.8. The molecule has 1 N–H and O–H groups in total. The molecular weight excluding hydrogens is 556 g/mol. The first-order valence-electron chi connectivity index (χ1n) is 12.7. The zero-order valence-corrected chi connectivity index (χ0v) is 24.2. The van der Waals surface area contributed by atoms with Gasteiger partial charge in [0.15, 0.2) is 11.5 Å². The van der Waals surface area contributed by atoms with Crippen LogP contribution in [-0.4, -0.2) is 63.8 Å². The molecule has 2 aliphatic heterocycles. The summed E-state index contributed by atoms with van der Waals surface area (Å²) in [5.74, 6) is 0.314. The molecule has 40 heavy (non-hydrogen) atoms. The number of anilines is 1. The van der Waals surface area contributed by atoms with E-state index in [1.54, 1.807) is 0 Å². The van der Waals surface area contributed by atoms with Gasteiger partial charge >= 0.3 is 5.97 Å². The Hall–Kier alpha value is -3.45. The average molecular weight is 587 g/mol. The Labute approximate surface area is 236 Å². The predicted molar refractivity (Wildman–Crippen MR) is 149 cm³/mol. The van der Waals surface area contributed by atoms with Crippen molar-refractivity contribution in [2.45, 2.75) is 44.3 Å². The number of ether oxygens (including phenoxy) is 4. The SMILES string of the molecule is COC(=O)c1c(NC(=O)c2ccc(S(=O)(=O)N3CC(C)OC(C)C3)cc2)sc(Cc2ccc3c(c2)OCO3)c1C. The summed E-state index contributed by atoms with van der Waals surface area (Å²) in [5, 5.41) is 3.18. The highest BCUT2D eigenvalue weighted by atomic mass is 32.2. The molecule has 0 bridgehead atoms. The lowest BCUT2D eigenvalue weighted by molar-refractivity contribution is -0.0440. The Balaban J connectivity index is 1.36. The van der Waals surface area contributed by atoms with E-state index < -0.39 is 21.9 Å². The van der Waals surface area contributed by atoms with Crippen LogP contribution in [0.4, 0.5) is 5.00 Å². The zero-order chi connectivity index (χ0) is 28.6. The van der Waals surface area contributed by atoms with Gasteiger partial charge in [-0.05, 0) is 68.3 Å². The summed E-state index contributed by atoms with van der Waals surface area (Å²) < 4.78 is 49.2. The van der Waals surface area contributed by atoms with Gasteiger partial charge in [0.05, 0.1) is 29.8 Å². The predicted octanol–water partition coefficient (Wildman–Crippen LogP) is 4.21. The van der Waals surface area contributed by atoms with Gasteiger partial charge in [-0.2, -0.15) is 4.31 Å². The number of hydrogen-bond donors (Lipinski definition) is 1. The first-order chi connectivity index (χ1) is 19.1. The van der Waals surface area contributed by atoms with Crippen LogP contribution in [0.2, 0.25) is 0 Å². The number of thiophene rings is 1. The van der Waals surface area contributed by atoms with Crippen molar-refractivity contribution in [1.82, 2.24) is 4.31 Å². The largest absolute Gasteiger partial charge is 0.465 e. The molecule has 1 saturated heterocycles. The maximum Gasteiger partial charge on any atom is 0.341 e. The molecule has 2 atom stereocenters. The second kappa shape index (κ2) is 11.2. The molecule has 3 heterocycles. The highest BCUT2D eigenvalue weighted by Crippen LogP contribution is 2.38. The molecule has 12 heteroatoms. The lowest BCUT2D eigenvalue weighted by Gasteiger charge is -2.34. The monoisotopic (exact) mass is 586 g/mol. The molecule has 0 saturated carbocycles. The molecular formula is C28H30N2O8S2. The van der Waals surface area contributed by atoms with E-state index in [1.807, 2.05) is 39.0 Å². The van der Waals surface area contributed by atoms with Crippen LogP contribution < -0.4 is 14.8 Å². The Kier molecular flexibility index (Phi) is 7.87. The summed E-state index contributed by atoms with van der Waals surface area (Å²) in [6, 6.07) is 11.4. The third kappa shape index (κ3) is 5.57. The van der Waals surface area contributed by atoms with E-state index in [2.05, 4.69) is 5.32 Å². The van der Waals surface area contributed by atoms with E-state index in [0.717, 1.165) is 10.4 Å². The van der Waals surface area contributed by atoms with Crippen LogP contribution in [0.1, 0.15) is 50.6 Å². The number of fused-ring (bicyclic) bond motifs is 1. The minimum atomic E-state index is -3.74. The number of methoxy groups -OCH3 is 1. The summed E-state index contributed by atoms with van der Waals surface area (Å²) in [5.41, 5.74) is 2.21. The van der Waals surface area contributed by atoms with Crippen LogP contribution in [0.5, 0.6) is 11.5 Å². The Morgan fingerprint density at radius 2 is 1.73 bits per heavy atom. The molecule has 1 aromatic heterocycles. The van der Waals surface area contributed by atoms with Gasteiger partial charge in [0, 0.05) is 30.0 Å². The number of sulfonamides is 1. The number of rotatable bonds is 7. The molecule has 0 spiro atoms. The van der Waals surface area contributed by atoms with Gasteiger partial charge in [0.25, 0.3) is 5.91 Å². The van der Waals surface area contributed by atoms with E-state index in [9.17, 15) is 18.0 Å². The number of morpholine rings is 1. The van der Waals surface area contributed by atoms with Gasteiger partial charge in [0.1, 0.15) is 5.00 Å². The number of carbonyl (C=O) groups excluding carboxylic acids is 2. The second-order valence-corrected chi connectivity index (χ2v) is 12.8. The van der Waals surface area contributed by atoms with Crippen molar-refractivity contribution in [2.24, 2.45) is 0 Å². The fourth-order valence-electron chi connectivity index (χ4n) is 4.83. The maximum atomic E-state index is 13.2. The van der Waals surface area contributed by atoms with E-state index in [4.69, 9.17) is 18.9 Å². The standard InChI is InChI=1S/C28H30N2O8S2/c1-16-13-30(14-17(2)38-16)40(33,34)21-8-6-20(7-9-21)26(31)29-27-25(28(32)35-4)18(3)24(39-27)12-19-5-10-22-23(11-19)37-15-36-22/h5-11,16-17H,12-15H2,1-4H3,(H,29,31). The van der Waals surface area contributed by atoms with E-state index in [0.29, 0.717) is 28.5 Å². The molecule has 1 fully saturated rings. The highest BCUT2D eigenvalue weighted by molar-refractivity contribution is 7.89. The van der Waals surface area contributed by atoms with Crippen LogP contribution in [0.15, 0.2) is 47.4 Å². The van der Waals surface area contributed by atoms with Crippen LogP contribution >= 0.6 is 11.3 Å². The van der Waals surface area contributed by atoms with Crippen LogP contribution in [0, 0.1) is 6.92 Å². The van der Waals surface area contributed by atoms with Crippen LogP contribution in [-0.2, 0) is 25.9 Å². The molecule has 2 aromatic carbocycles. The topological polar surface area (TPSA) is 120 Å². The number of carbonyl (C=O) groups is 2. The van der Waals surface area contributed by atoms with Crippen LogP contribution in [0.3, 0.4) is 0 Å². The molecule has 2 unspecified atom stereocenters. The first-order valence-corrected chi connectivity index (χ1v) is 15.0. The zero-order valence-electron chi connectivity index (χ0n) is 22.6. The molecule has 3 aromatic rings. The van der Waals surface area contributed by atoms with Crippen molar-refractivity contribution >= 4 is 38.2 Å². The summed E-state index contributed by atoms with van der Waals surface area (Å²) >= 11 is 1.29. The first kappa shape index (κ1) is 28.1. The Morgan fingerprint density at radius 1 is 1.05 bits per heavy atom. The molecule has 5 rings (SSSR count). The molecule has 1 amide bonds. The minimum Gasteiger partial charge on any atom is -0.465 e. The summed E-state index contributed by atoms with van der Waals surface area (Å²) in [6.07, 6.45) is 0.0896. The minimum absolute atomic E-state index is 0.0959. The average Bonchev–Trinajstić information content (AvgIpc) is 3.51. The van der Waals surface area contributed by atoms with Gasteiger partial charge < -0.3 is 24.3 Å². The van der Waals surface area contributed by atoms with E-state index in [1.165, 1.54) is 47.0 Å². The number of esters is 1. The van der Waals surface area contributed by atoms with Crippen molar-refractivity contribution in [1.29, 1.82) is 0 Å². The van der Waals surface area contributed by atoms with Gasteiger partial charge in [0.2, 0.25) is 16.8 Å². The number of nitrogens with one attached hydrogen (secondary N) is 1. The summed E-state index contributed by atoms with van der Waals surface area (Å²) in [7, 11) is -2.45. The van der Waals surface area contributed by atoms with E-state index in [-0.39, 0.29) is 48.1 Å². The normalized spacial score (nSPS) is 18.9. The number of amides is 1. The van der Waals surface area contributed by atoms with Crippen molar-refractivity contribution in [3.05, 3.63) is 69.6 Å². The quantitative estimate of drug-likeness (QED) is 0.409. The van der Waals surface area contributed by atoms with Gasteiger partial charge in [-0.25, -0.2) is 13.2 Å². The Morgan fingerprint density at radius 3 is 2.40 bits per heavy atom. The fraction of sp³-hybridized carbons (Fsp3) is 0.357. The smallest absolute Gasteiger partial charge is 0.341 e. The lowest BCUT2D eigenvalue weighted by atomic mass is 10.1. The molecule has 2 aliphatic rings. The number of nitrogens with zero attached hydrogens (tertiary/aromatic N) is 1. The highest BCUT2D eigenvalue weighted by Gasteiger charge is 2.32. The Bertz CT molecular complexity index is 1540. The van der Waals surface area contributed by atoms with Crippen molar-refractivity contribution in [2.75, 3.05) is 32.3 Å². The molecule has 10 nitrogen and oxygen atoms in total. The molecule has 0 aliphatic carbocycles. The third-order valence-electron chi connectivity index (χ3n) is 6.80. The van der Waals surface area contributed by atoms with Crippen molar-refractivity contribution in [3.63, 3.8) is 0 Å².